The van der Waals surface area contributed by atoms with E-state index in [0.29, 0.717) is 0 Å². The molecule has 0 saturated heterocycles. The van der Waals surface area contributed by atoms with Crippen LogP contribution in [0.3, 0.4) is 0 Å². The third-order valence-corrected chi connectivity index (χ3v) is 1.04. The number of aliphatic hydroxyl groups excluding tert-OH is 1. The van der Waals surface area contributed by atoms with Gasteiger partial charge in [-0.15, -0.1) is 0 Å². The number of allylic oxidation sites excluding steroid dienone is 1. The van der Waals surface area contributed by atoms with Gasteiger partial charge in [0.1, 0.15) is 6.10 Å². The Kier molecular flexibility index (Phi) is 8.91. The van der Waals surface area contributed by atoms with Crippen LogP contribution in [0.5, 0.6) is 0 Å². The highest BCUT2D eigenvalue weighted by atomic mass is 16.4. The molecular formula is C9H16O5. The second-order valence-electron chi connectivity index (χ2n) is 2.89. The molecule has 0 heterocycles. The molecule has 0 fully saturated rings. The molecule has 82 valence electrons. The van der Waals surface area contributed by atoms with Gasteiger partial charge in [-0.3, -0.25) is 4.79 Å². The number of carboxylic acid groups (broad SMARTS) is 2. The van der Waals surface area contributed by atoms with Crippen LogP contribution in [0.1, 0.15) is 27.2 Å². The first-order valence-corrected chi connectivity index (χ1v) is 4.03. The van der Waals surface area contributed by atoms with Gasteiger partial charge in [-0.25, -0.2) is 4.79 Å². The van der Waals surface area contributed by atoms with Crippen molar-refractivity contribution in [1.82, 2.24) is 0 Å². The number of hydrogen-bond acceptors (Lipinski definition) is 3. The molecule has 14 heavy (non-hydrogen) atoms. The van der Waals surface area contributed by atoms with Crippen molar-refractivity contribution in [2.24, 2.45) is 0 Å². The number of aliphatic hydroxyl groups is 1. The minimum Gasteiger partial charge on any atom is -0.481 e. The Morgan fingerprint density at radius 3 is 1.71 bits per heavy atom. The van der Waals surface area contributed by atoms with Crippen molar-refractivity contribution in [1.29, 1.82) is 0 Å². The molecule has 0 aromatic heterocycles. The molecular weight excluding hydrogens is 188 g/mol. The monoisotopic (exact) mass is 204 g/mol. The summed E-state index contributed by atoms with van der Waals surface area (Å²) in [5.41, 5.74) is 1.05. The Bertz CT molecular complexity index is 213. The molecule has 1 unspecified atom stereocenters. The molecule has 3 N–H and O–H groups in total. The molecule has 0 radical (unpaired) electrons. The van der Waals surface area contributed by atoms with Crippen molar-refractivity contribution in [2.45, 2.75) is 33.3 Å². The normalized spacial score (nSPS) is 10.6. The molecule has 0 aromatic carbocycles. The fourth-order valence-corrected chi connectivity index (χ4v) is 0.291. The maximum Gasteiger partial charge on any atom is 0.332 e. The fraction of sp³-hybridized carbons (Fsp3) is 0.556. The number of aliphatic carboxylic acids is 2. The van der Waals surface area contributed by atoms with Crippen molar-refractivity contribution in [3.63, 3.8) is 0 Å². The smallest absolute Gasteiger partial charge is 0.332 e. The Balaban J connectivity index is 0. The van der Waals surface area contributed by atoms with Crippen LogP contribution in [0, 0.1) is 0 Å². The van der Waals surface area contributed by atoms with E-state index in [0.717, 1.165) is 5.57 Å². The van der Waals surface area contributed by atoms with E-state index in [4.69, 9.17) is 15.3 Å². The molecule has 0 aliphatic rings. The molecule has 0 rings (SSSR count). The summed E-state index contributed by atoms with van der Waals surface area (Å²) in [4.78, 5) is 19.3. The van der Waals surface area contributed by atoms with E-state index in [2.05, 4.69) is 0 Å². The fourth-order valence-electron chi connectivity index (χ4n) is 0.291. The Hall–Kier alpha value is -1.36. The van der Waals surface area contributed by atoms with E-state index in [-0.39, 0.29) is 6.42 Å². The van der Waals surface area contributed by atoms with Gasteiger partial charge in [0, 0.05) is 0 Å². The second kappa shape index (κ2) is 8.25. The van der Waals surface area contributed by atoms with Gasteiger partial charge >= 0.3 is 11.9 Å². The standard InChI is InChI=1S/C6H10O2.C3H6O3/c1-5(2)3-4-6(7)8;1-2(4)3(5)6/h3H,4H2,1-2H3,(H,7,8);2,4H,1H3,(H,5,6). The number of rotatable bonds is 3. The van der Waals surface area contributed by atoms with Crippen LogP contribution >= 0.6 is 0 Å². The molecule has 0 aromatic rings. The van der Waals surface area contributed by atoms with Crippen LogP contribution in [-0.2, 0) is 9.59 Å². The van der Waals surface area contributed by atoms with E-state index < -0.39 is 18.0 Å². The summed E-state index contributed by atoms with van der Waals surface area (Å²) in [6.45, 7) is 4.95. The largest absolute Gasteiger partial charge is 0.481 e. The van der Waals surface area contributed by atoms with Crippen LogP contribution < -0.4 is 0 Å². The second-order valence-corrected chi connectivity index (χ2v) is 2.89. The van der Waals surface area contributed by atoms with E-state index in [9.17, 15) is 9.59 Å². The quantitative estimate of drug-likeness (QED) is 0.593. The molecule has 5 heteroatoms. The molecule has 1 atom stereocenters. The first-order valence-electron chi connectivity index (χ1n) is 4.03. The van der Waals surface area contributed by atoms with Gasteiger partial charge in [-0.05, 0) is 20.8 Å². The van der Waals surface area contributed by atoms with Crippen molar-refractivity contribution < 1.29 is 24.9 Å². The summed E-state index contributed by atoms with van der Waals surface area (Å²) in [5, 5.41) is 23.9. The van der Waals surface area contributed by atoms with Crippen LogP contribution in [0.15, 0.2) is 11.6 Å². The van der Waals surface area contributed by atoms with Crippen molar-refractivity contribution in [3.8, 4) is 0 Å². The SMILES string of the molecule is CC(C)=CCC(=O)O.CC(O)C(=O)O. The average Bonchev–Trinajstić information content (AvgIpc) is 2.01. The summed E-state index contributed by atoms with van der Waals surface area (Å²) in [6, 6.07) is 0. The molecule has 0 amide bonds. The van der Waals surface area contributed by atoms with E-state index >= 15 is 0 Å². The molecule has 0 saturated carbocycles. The van der Waals surface area contributed by atoms with Crippen LogP contribution in [0.25, 0.3) is 0 Å². The molecule has 0 spiro atoms. The Morgan fingerprint density at radius 1 is 1.29 bits per heavy atom. The van der Waals surface area contributed by atoms with Crippen molar-refractivity contribution in [2.75, 3.05) is 0 Å². The average molecular weight is 204 g/mol. The highest BCUT2D eigenvalue weighted by Gasteiger charge is 2.01. The minimum atomic E-state index is -1.23. The van der Waals surface area contributed by atoms with Crippen molar-refractivity contribution in [3.05, 3.63) is 11.6 Å². The van der Waals surface area contributed by atoms with Gasteiger partial charge in [0.2, 0.25) is 0 Å². The summed E-state index contributed by atoms with van der Waals surface area (Å²) in [5.74, 6) is -1.96. The Labute approximate surface area is 82.7 Å². The Morgan fingerprint density at radius 2 is 1.64 bits per heavy atom. The van der Waals surface area contributed by atoms with Crippen LogP contribution in [0.2, 0.25) is 0 Å². The maximum absolute atomic E-state index is 9.86. The van der Waals surface area contributed by atoms with Crippen molar-refractivity contribution >= 4 is 11.9 Å². The zero-order chi connectivity index (χ0) is 11.7. The first kappa shape index (κ1) is 15.1. The highest BCUT2D eigenvalue weighted by Crippen LogP contribution is 1.91. The lowest BCUT2D eigenvalue weighted by atomic mass is 10.3. The van der Waals surface area contributed by atoms with E-state index in [1.807, 2.05) is 13.8 Å². The summed E-state index contributed by atoms with van der Waals surface area (Å²) in [7, 11) is 0. The molecule has 0 bridgehead atoms. The molecule has 0 aliphatic heterocycles. The highest BCUT2D eigenvalue weighted by molar-refractivity contribution is 5.71. The first-order chi connectivity index (χ1) is 6.27. The molecule has 5 nitrogen and oxygen atoms in total. The van der Waals surface area contributed by atoms with Gasteiger partial charge < -0.3 is 15.3 Å². The minimum absolute atomic E-state index is 0.141. The zero-order valence-corrected chi connectivity index (χ0v) is 8.52. The van der Waals surface area contributed by atoms with E-state index in [1.54, 1.807) is 6.08 Å². The predicted octanol–water partition coefficient (Wildman–Crippen LogP) is 0.879. The van der Waals surface area contributed by atoms with Gasteiger partial charge in [-0.2, -0.15) is 0 Å². The lowest BCUT2D eigenvalue weighted by Crippen LogP contribution is -2.13. The van der Waals surface area contributed by atoms with Gasteiger partial charge in [0.25, 0.3) is 0 Å². The number of hydrogen-bond donors (Lipinski definition) is 3. The third kappa shape index (κ3) is 16.9. The number of carboxylic acids is 2. The van der Waals surface area contributed by atoms with Gasteiger partial charge in [0.05, 0.1) is 6.42 Å². The third-order valence-electron chi connectivity index (χ3n) is 1.04. The van der Waals surface area contributed by atoms with Crippen LogP contribution in [-0.4, -0.2) is 33.4 Å². The van der Waals surface area contributed by atoms with Gasteiger partial charge in [-0.1, -0.05) is 11.6 Å². The zero-order valence-electron chi connectivity index (χ0n) is 8.52. The summed E-state index contributed by atoms with van der Waals surface area (Å²) >= 11 is 0. The summed E-state index contributed by atoms with van der Waals surface area (Å²) < 4.78 is 0. The summed E-state index contributed by atoms with van der Waals surface area (Å²) in [6.07, 6.45) is 0.593. The van der Waals surface area contributed by atoms with E-state index in [1.165, 1.54) is 6.92 Å². The number of carbonyl (C=O) groups is 2. The topological polar surface area (TPSA) is 94.8 Å². The van der Waals surface area contributed by atoms with Gasteiger partial charge in [0.15, 0.2) is 0 Å². The lowest BCUT2D eigenvalue weighted by molar-refractivity contribution is -0.145. The van der Waals surface area contributed by atoms with Crippen LogP contribution in [0.4, 0.5) is 0 Å². The lowest BCUT2D eigenvalue weighted by Gasteiger charge is -1.89. The maximum atomic E-state index is 9.86. The molecule has 0 aliphatic carbocycles. The predicted molar refractivity (Wildman–Crippen MR) is 51.0 cm³/mol.